The molecule has 0 aromatic heterocycles. The van der Waals surface area contributed by atoms with Gasteiger partial charge in [-0.2, -0.15) is 0 Å². The van der Waals surface area contributed by atoms with Gasteiger partial charge in [-0.05, 0) is 38.0 Å². The molecular weight excluding hydrogens is 322 g/mol. The molecule has 0 bridgehead atoms. The lowest BCUT2D eigenvalue weighted by Crippen LogP contribution is -2.21. The van der Waals surface area contributed by atoms with Gasteiger partial charge >= 0.3 is 0 Å². The van der Waals surface area contributed by atoms with Gasteiger partial charge in [-0.3, -0.25) is 0 Å². The maximum atomic E-state index is 14.4. The topological polar surface area (TPSA) is 18.5 Å². The van der Waals surface area contributed by atoms with Crippen molar-refractivity contribution in [2.45, 2.75) is 39.3 Å². The number of ether oxygens (including phenoxy) is 2. The normalized spacial score (nSPS) is 14.1. The first kappa shape index (κ1) is 18.9. The third-order valence-electron chi connectivity index (χ3n) is 4.30. The van der Waals surface area contributed by atoms with Crippen LogP contribution >= 0.6 is 8.58 Å². The van der Waals surface area contributed by atoms with Crippen LogP contribution in [-0.2, 0) is 9.89 Å². The molecule has 0 amide bonds. The summed E-state index contributed by atoms with van der Waals surface area (Å²) >= 11 is 0. The number of hydrogen-bond donors (Lipinski definition) is 0. The third kappa shape index (κ3) is 4.34. The van der Waals surface area contributed by atoms with Crippen molar-refractivity contribution in [2.75, 3.05) is 13.9 Å². The summed E-state index contributed by atoms with van der Waals surface area (Å²) in [4.78, 5) is 0. The zero-order chi connectivity index (χ0) is 17.7. The van der Waals surface area contributed by atoms with Crippen LogP contribution in [0.2, 0.25) is 0 Å². The second-order valence-electron chi connectivity index (χ2n) is 6.34. The Morgan fingerprint density at radius 2 is 1.75 bits per heavy atom. The molecule has 2 aromatic rings. The third-order valence-corrected chi connectivity index (χ3v) is 6.15. The average molecular weight is 348 g/mol. The van der Waals surface area contributed by atoms with Gasteiger partial charge in [-0.1, -0.05) is 52.3 Å². The van der Waals surface area contributed by atoms with Crippen molar-refractivity contribution in [1.82, 2.24) is 0 Å². The van der Waals surface area contributed by atoms with Crippen molar-refractivity contribution in [1.29, 1.82) is 0 Å². The molecule has 2 rings (SSSR count). The van der Waals surface area contributed by atoms with Crippen molar-refractivity contribution in [3.63, 3.8) is 0 Å². The van der Waals surface area contributed by atoms with Gasteiger partial charge in [0.05, 0.1) is 0 Å². The van der Waals surface area contributed by atoms with Crippen LogP contribution in [0.25, 0.3) is 0 Å². The van der Waals surface area contributed by atoms with Gasteiger partial charge in [-0.15, -0.1) is 0 Å². The van der Waals surface area contributed by atoms with Crippen LogP contribution in [0.5, 0.6) is 5.75 Å². The van der Waals surface area contributed by atoms with E-state index < -0.39 is 0 Å². The van der Waals surface area contributed by atoms with E-state index in [0.717, 1.165) is 28.6 Å². The minimum Gasteiger partial charge on any atom is -0.467 e. The van der Waals surface area contributed by atoms with Crippen molar-refractivity contribution >= 4 is 13.9 Å². The zero-order valence-corrected chi connectivity index (χ0v) is 16.1. The monoisotopic (exact) mass is 348 g/mol. The molecule has 4 heteroatoms. The highest BCUT2D eigenvalue weighted by Crippen LogP contribution is 2.47. The molecule has 0 aliphatic heterocycles. The summed E-state index contributed by atoms with van der Waals surface area (Å²) in [5.74, 6) is 0.687. The van der Waals surface area contributed by atoms with E-state index in [-0.39, 0.29) is 17.8 Å². The fourth-order valence-corrected chi connectivity index (χ4v) is 4.15. The summed E-state index contributed by atoms with van der Waals surface area (Å²) in [5, 5.41) is 0.578. The molecule has 0 saturated heterocycles. The summed E-state index contributed by atoms with van der Waals surface area (Å²) < 4.78 is 25.2. The Morgan fingerprint density at radius 3 is 2.38 bits per heavy atom. The number of rotatable bonds is 7. The van der Waals surface area contributed by atoms with E-state index in [2.05, 4.69) is 26.8 Å². The van der Waals surface area contributed by atoms with Gasteiger partial charge in [0, 0.05) is 23.1 Å². The number of methoxy groups -OCH3 is 1. The van der Waals surface area contributed by atoms with Crippen molar-refractivity contribution in [3.05, 3.63) is 58.9 Å². The molecule has 0 heterocycles. The average Bonchev–Trinajstić information content (AvgIpc) is 2.56. The summed E-state index contributed by atoms with van der Waals surface area (Å²) in [5.41, 5.74) is 3.22. The fourth-order valence-electron chi connectivity index (χ4n) is 2.69. The SMILES string of the molecule is CCC(C)(Pc1ccc(C)cc1F)c1cc(C)ccc1OCOC. The minimum absolute atomic E-state index is 0.125. The summed E-state index contributed by atoms with van der Waals surface area (Å²) in [7, 11) is 1.93. The molecule has 2 aromatic carbocycles. The first-order valence-corrected chi connectivity index (χ1v) is 9.17. The molecule has 0 aliphatic carbocycles. The minimum atomic E-state index is -0.189. The van der Waals surface area contributed by atoms with E-state index in [4.69, 9.17) is 9.47 Å². The van der Waals surface area contributed by atoms with Gasteiger partial charge in [0.15, 0.2) is 6.79 Å². The van der Waals surface area contributed by atoms with Crippen molar-refractivity contribution in [3.8, 4) is 5.75 Å². The predicted octanol–water partition coefficient (Wildman–Crippen LogP) is 5.05. The standard InChI is InChI=1S/C20H26FO2P/c1-6-20(4,24-19-10-8-15(3)12-17(19)21)16-11-14(2)7-9-18(16)23-13-22-5/h7-12,24H,6,13H2,1-5H3. The number of halogens is 1. The molecule has 0 aliphatic rings. The molecule has 0 saturated carbocycles. The lowest BCUT2D eigenvalue weighted by Gasteiger charge is -2.31. The Bertz CT molecular complexity index is 702. The Balaban J connectivity index is 2.43. The Labute approximate surface area is 146 Å². The fraction of sp³-hybridized carbons (Fsp3) is 0.400. The first-order chi connectivity index (χ1) is 11.4. The molecule has 24 heavy (non-hydrogen) atoms. The summed E-state index contributed by atoms with van der Waals surface area (Å²) in [6.45, 7) is 8.50. The van der Waals surface area contributed by atoms with Gasteiger partial charge in [-0.25, -0.2) is 4.39 Å². The quantitative estimate of drug-likeness (QED) is 0.515. The molecular formula is C20H26FO2P. The zero-order valence-electron chi connectivity index (χ0n) is 15.1. The van der Waals surface area contributed by atoms with Crippen LogP contribution in [0.3, 0.4) is 0 Å². The Morgan fingerprint density at radius 1 is 1.08 bits per heavy atom. The number of hydrogen-bond acceptors (Lipinski definition) is 2. The second-order valence-corrected chi connectivity index (χ2v) is 8.24. The lowest BCUT2D eigenvalue weighted by molar-refractivity contribution is 0.0500. The van der Waals surface area contributed by atoms with Crippen LogP contribution in [0.1, 0.15) is 37.0 Å². The Hall–Kier alpha value is -1.44. The molecule has 2 atom stereocenters. The highest BCUT2D eigenvalue weighted by atomic mass is 31.1. The second kappa shape index (κ2) is 8.09. The first-order valence-electron chi connectivity index (χ1n) is 8.17. The maximum absolute atomic E-state index is 14.4. The van der Waals surface area contributed by atoms with Gasteiger partial charge in [0.25, 0.3) is 0 Å². The van der Waals surface area contributed by atoms with Crippen LogP contribution in [0.4, 0.5) is 4.39 Å². The predicted molar refractivity (Wildman–Crippen MR) is 100 cm³/mol. The molecule has 0 radical (unpaired) electrons. The molecule has 0 fully saturated rings. The largest absolute Gasteiger partial charge is 0.467 e. The van der Waals surface area contributed by atoms with Crippen LogP contribution in [-0.4, -0.2) is 13.9 Å². The molecule has 2 nitrogen and oxygen atoms in total. The van der Waals surface area contributed by atoms with Crippen molar-refractivity contribution < 1.29 is 13.9 Å². The smallest absolute Gasteiger partial charge is 0.188 e. The van der Waals surface area contributed by atoms with Gasteiger partial charge < -0.3 is 9.47 Å². The molecule has 130 valence electrons. The molecule has 0 spiro atoms. The van der Waals surface area contributed by atoms with E-state index in [9.17, 15) is 4.39 Å². The summed E-state index contributed by atoms with van der Waals surface area (Å²) in [6.07, 6.45) is 0.894. The van der Waals surface area contributed by atoms with Crippen LogP contribution in [0, 0.1) is 19.7 Å². The van der Waals surface area contributed by atoms with Gasteiger partial charge in [0.1, 0.15) is 11.6 Å². The maximum Gasteiger partial charge on any atom is 0.188 e. The highest BCUT2D eigenvalue weighted by Gasteiger charge is 2.29. The van der Waals surface area contributed by atoms with Gasteiger partial charge in [0.2, 0.25) is 0 Å². The van der Waals surface area contributed by atoms with E-state index in [0.29, 0.717) is 8.58 Å². The van der Waals surface area contributed by atoms with E-state index in [1.165, 1.54) is 5.56 Å². The summed E-state index contributed by atoms with van der Waals surface area (Å²) in [6, 6.07) is 11.6. The van der Waals surface area contributed by atoms with Crippen molar-refractivity contribution in [2.24, 2.45) is 0 Å². The Kier molecular flexibility index (Phi) is 6.37. The van der Waals surface area contributed by atoms with E-state index >= 15 is 0 Å². The number of aryl methyl sites for hydroxylation is 2. The number of benzene rings is 2. The van der Waals surface area contributed by atoms with E-state index in [1.807, 2.05) is 31.2 Å². The van der Waals surface area contributed by atoms with Crippen LogP contribution in [0.15, 0.2) is 36.4 Å². The molecule has 2 unspecified atom stereocenters. The molecule has 0 N–H and O–H groups in total. The van der Waals surface area contributed by atoms with Crippen LogP contribution < -0.4 is 10.0 Å². The van der Waals surface area contributed by atoms with E-state index in [1.54, 1.807) is 13.2 Å². The highest BCUT2D eigenvalue weighted by molar-refractivity contribution is 7.48. The lowest BCUT2D eigenvalue weighted by atomic mass is 9.95.